The molecule has 1 aliphatic heterocycles. The first-order chi connectivity index (χ1) is 6.09. The fourth-order valence-electron chi connectivity index (χ4n) is 1.26. The minimum Gasteiger partial charge on any atom is -0.447 e. The van der Waals surface area contributed by atoms with Crippen LogP contribution in [-0.4, -0.2) is 42.9 Å². The summed E-state index contributed by atoms with van der Waals surface area (Å²) in [5.74, 6) is 0. The van der Waals surface area contributed by atoms with E-state index in [2.05, 4.69) is 0 Å². The Balaban J connectivity index is 2.37. The Morgan fingerprint density at radius 3 is 2.85 bits per heavy atom. The zero-order valence-corrected chi connectivity index (χ0v) is 8.45. The van der Waals surface area contributed by atoms with Gasteiger partial charge in [-0.15, -0.1) is 0 Å². The van der Waals surface area contributed by atoms with Crippen molar-refractivity contribution >= 4 is 6.09 Å². The van der Waals surface area contributed by atoms with E-state index in [9.17, 15) is 4.79 Å². The van der Waals surface area contributed by atoms with E-state index in [0.717, 1.165) is 0 Å². The van der Waals surface area contributed by atoms with Crippen LogP contribution in [0.4, 0.5) is 4.79 Å². The minimum absolute atomic E-state index is 0.0503. The maximum atomic E-state index is 11.4. The third kappa shape index (κ3) is 3.22. The molecule has 0 aliphatic carbocycles. The Morgan fingerprint density at radius 1 is 1.62 bits per heavy atom. The van der Waals surface area contributed by atoms with Crippen LogP contribution < -0.4 is 0 Å². The van der Waals surface area contributed by atoms with E-state index >= 15 is 0 Å². The molecule has 1 heterocycles. The quantitative estimate of drug-likeness (QED) is 0.620. The summed E-state index contributed by atoms with van der Waals surface area (Å²) in [5.41, 5.74) is 0. The van der Waals surface area contributed by atoms with Gasteiger partial charge in [0.05, 0.1) is 25.4 Å². The van der Waals surface area contributed by atoms with E-state index in [0.29, 0.717) is 19.7 Å². The molecule has 0 aromatic heterocycles. The Morgan fingerprint density at radius 2 is 2.31 bits per heavy atom. The molecule has 0 spiro atoms. The third-order valence-electron chi connectivity index (χ3n) is 1.84. The lowest BCUT2D eigenvalue weighted by molar-refractivity contribution is -0.0226. The summed E-state index contributed by atoms with van der Waals surface area (Å²) in [6, 6.07) is 0. The van der Waals surface area contributed by atoms with Crippen molar-refractivity contribution in [3.05, 3.63) is 0 Å². The van der Waals surface area contributed by atoms with Crippen LogP contribution in [0.1, 0.15) is 20.8 Å². The number of nitrogens with zero attached hydrogens (tertiary/aromatic N) is 1. The molecule has 0 bridgehead atoms. The summed E-state index contributed by atoms with van der Waals surface area (Å²) >= 11 is 0. The van der Waals surface area contributed by atoms with Crippen LogP contribution in [0.15, 0.2) is 0 Å². The molecule has 4 heteroatoms. The molecule has 1 unspecified atom stereocenters. The number of rotatable bonds is 1. The molecular formula is C9H17NO3. The van der Waals surface area contributed by atoms with Crippen LogP contribution in [0.5, 0.6) is 0 Å². The summed E-state index contributed by atoms with van der Waals surface area (Å²) < 4.78 is 10.4. The lowest BCUT2D eigenvalue weighted by Gasteiger charge is -2.30. The summed E-state index contributed by atoms with van der Waals surface area (Å²) in [6.07, 6.45) is -0.163. The van der Waals surface area contributed by atoms with Crippen LogP contribution in [-0.2, 0) is 9.47 Å². The highest BCUT2D eigenvalue weighted by Gasteiger charge is 2.22. The number of morpholine rings is 1. The summed E-state index contributed by atoms with van der Waals surface area (Å²) in [5, 5.41) is 0. The van der Waals surface area contributed by atoms with Crippen LogP contribution in [0.3, 0.4) is 0 Å². The van der Waals surface area contributed by atoms with Gasteiger partial charge in [-0.05, 0) is 20.8 Å². The number of hydrogen-bond acceptors (Lipinski definition) is 3. The molecule has 0 N–H and O–H groups in total. The fraction of sp³-hybridized carbons (Fsp3) is 0.889. The van der Waals surface area contributed by atoms with Gasteiger partial charge < -0.3 is 14.4 Å². The fourth-order valence-corrected chi connectivity index (χ4v) is 1.26. The van der Waals surface area contributed by atoms with Crippen molar-refractivity contribution in [3.63, 3.8) is 0 Å². The maximum absolute atomic E-state index is 11.4. The SMILES string of the molecule is CC(C)OC(=O)N1CCOC(C)C1. The van der Waals surface area contributed by atoms with Crippen molar-refractivity contribution < 1.29 is 14.3 Å². The first-order valence-corrected chi connectivity index (χ1v) is 4.66. The Kier molecular flexibility index (Phi) is 3.54. The summed E-state index contributed by atoms with van der Waals surface area (Å²) in [6.45, 7) is 7.52. The topological polar surface area (TPSA) is 38.8 Å². The van der Waals surface area contributed by atoms with Crippen LogP contribution in [0.25, 0.3) is 0 Å². The molecule has 4 nitrogen and oxygen atoms in total. The molecule has 1 amide bonds. The van der Waals surface area contributed by atoms with Crippen LogP contribution in [0, 0.1) is 0 Å². The van der Waals surface area contributed by atoms with E-state index < -0.39 is 0 Å². The zero-order chi connectivity index (χ0) is 9.84. The normalized spacial score (nSPS) is 23.4. The number of carbonyl (C=O) groups excluding carboxylic acids is 1. The third-order valence-corrected chi connectivity index (χ3v) is 1.84. The van der Waals surface area contributed by atoms with Gasteiger partial charge in [0, 0.05) is 6.54 Å². The second kappa shape index (κ2) is 4.46. The van der Waals surface area contributed by atoms with Crippen LogP contribution in [0.2, 0.25) is 0 Å². The van der Waals surface area contributed by atoms with Gasteiger partial charge in [-0.1, -0.05) is 0 Å². The molecule has 1 saturated heterocycles. The molecule has 13 heavy (non-hydrogen) atoms. The highest BCUT2D eigenvalue weighted by Crippen LogP contribution is 2.06. The van der Waals surface area contributed by atoms with E-state index in [-0.39, 0.29) is 18.3 Å². The molecule has 1 rings (SSSR count). The predicted molar refractivity (Wildman–Crippen MR) is 48.6 cm³/mol. The Hall–Kier alpha value is -0.770. The second-order valence-corrected chi connectivity index (χ2v) is 3.56. The standard InChI is InChI=1S/C9H17NO3/c1-7(2)13-9(11)10-4-5-12-8(3)6-10/h7-8H,4-6H2,1-3H3. The highest BCUT2D eigenvalue weighted by atomic mass is 16.6. The van der Waals surface area contributed by atoms with Gasteiger partial charge in [0.25, 0.3) is 0 Å². The summed E-state index contributed by atoms with van der Waals surface area (Å²) in [7, 11) is 0. The molecular weight excluding hydrogens is 170 g/mol. The van der Waals surface area contributed by atoms with Crippen molar-refractivity contribution in [2.75, 3.05) is 19.7 Å². The van der Waals surface area contributed by atoms with Crippen molar-refractivity contribution in [2.45, 2.75) is 33.0 Å². The molecule has 1 atom stereocenters. The second-order valence-electron chi connectivity index (χ2n) is 3.56. The molecule has 1 aliphatic rings. The van der Waals surface area contributed by atoms with Gasteiger partial charge >= 0.3 is 6.09 Å². The average molecular weight is 187 g/mol. The maximum Gasteiger partial charge on any atom is 0.410 e. The van der Waals surface area contributed by atoms with Gasteiger partial charge in [0.2, 0.25) is 0 Å². The molecule has 0 aromatic rings. The van der Waals surface area contributed by atoms with E-state index in [4.69, 9.17) is 9.47 Å². The van der Waals surface area contributed by atoms with Crippen molar-refractivity contribution in [1.29, 1.82) is 0 Å². The van der Waals surface area contributed by atoms with E-state index in [1.807, 2.05) is 20.8 Å². The number of amides is 1. The summed E-state index contributed by atoms with van der Waals surface area (Å²) in [4.78, 5) is 13.1. The Labute approximate surface area is 78.8 Å². The lowest BCUT2D eigenvalue weighted by Crippen LogP contribution is -2.45. The Bertz CT molecular complexity index is 182. The first-order valence-electron chi connectivity index (χ1n) is 4.66. The van der Waals surface area contributed by atoms with Gasteiger partial charge in [0.1, 0.15) is 0 Å². The van der Waals surface area contributed by atoms with Crippen molar-refractivity contribution in [2.24, 2.45) is 0 Å². The van der Waals surface area contributed by atoms with Crippen molar-refractivity contribution in [3.8, 4) is 0 Å². The largest absolute Gasteiger partial charge is 0.447 e. The van der Waals surface area contributed by atoms with E-state index in [1.54, 1.807) is 4.90 Å². The van der Waals surface area contributed by atoms with Crippen LogP contribution >= 0.6 is 0 Å². The zero-order valence-electron chi connectivity index (χ0n) is 8.45. The lowest BCUT2D eigenvalue weighted by atomic mass is 10.3. The van der Waals surface area contributed by atoms with Gasteiger partial charge in [0.15, 0.2) is 0 Å². The molecule has 0 saturated carbocycles. The predicted octanol–water partition coefficient (Wildman–Crippen LogP) is 1.25. The monoisotopic (exact) mass is 187 g/mol. The van der Waals surface area contributed by atoms with Gasteiger partial charge in [-0.25, -0.2) is 4.79 Å². The highest BCUT2D eigenvalue weighted by molar-refractivity contribution is 5.67. The molecule has 76 valence electrons. The first kappa shape index (κ1) is 10.3. The number of ether oxygens (including phenoxy) is 2. The minimum atomic E-state index is -0.231. The van der Waals surface area contributed by atoms with Crippen molar-refractivity contribution in [1.82, 2.24) is 4.90 Å². The van der Waals surface area contributed by atoms with Gasteiger partial charge in [-0.2, -0.15) is 0 Å². The molecule has 1 fully saturated rings. The van der Waals surface area contributed by atoms with E-state index in [1.165, 1.54) is 0 Å². The number of hydrogen-bond donors (Lipinski definition) is 0. The average Bonchev–Trinajstić information content (AvgIpc) is 2.03. The molecule has 0 aromatic carbocycles. The molecule has 0 radical (unpaired) electrons. The smallest absolute Gasteiger partial charge is 0.410 e. The van der Waals surface area contributed by atoms with Gasteiger partial charge in [-0.3, -0.25) is 0 Å². The number of carbonyl (C=O) groups is 1.